The molecule has 2 aromatic carbocycles. The standard InChI is InChI=1S/C22H27N3O4S/c1-5-16-7-6-8-18(11-16)25-14-17(12-21(25)26)22(27)23-20-13-19(10-9-15(20)2)30(28,29)24(3)4/h6-11,13,17H,5,12,14H2,1-4H3,(H,23,27). The van der Waals surface area contributed by atoms with Crippen LogP contribution in [0.15, 0.2) is 47.4 Å². The number of aryl methyl sites for hydroxylation is 2. The number of amides is 2. The Morgan fingerprint density at radius 1 is 1.20 bits per heavy atom. The Morgan fingerprint density at radius 3 is 2.60 bits per heavy atom. The first-order valence-electron chi connectivity index (χ1n) is 9.86. The van der Waals surface area contributed by atoms with Gasteiger partial charge in [0.25, 0.3) is 0 Å². The van der Waals surface area contributed by atoms with Crippen molar-refractivity contribution < 1.29 is 18.0 Å². The molecule has 8 heteroatoms. The number of nitrogens with one attached hydrogen (secondary N) is 1. The number of carbonyl (C=O) groups excluding carboxylic acids is 2. The molecule has 1 atom stereocenters. The van der Waals surface area contributed by atoms with E-state index in [2.05, 4.69) is 5.32 Å². The maximum atomic E-state index is 12.9. The van der Waals surface area contributed by atoms with Crippen molar-refractivity contribution in [3.05, 3.63) is 53.6 Å². The quantitative estimate of drug-likeness (QED) is 0.765. The van der Waals surface area contributed by atoms with Crippen LogP contribution in [-0.4, -0.2) is 45.2 Å². The number of anilines is 2. The van der Waals surface area contributed by atoms with Gasteiger partial charge in [0, 0.05) is 38.4 Å². The first-order valence-corrected chi connectivity index (χ1v) is 11.3. The van der Waals surface area contributed by atoms with Crippen LogP contribution in [-0.2, 0) is 26.0 Å². The summed E-state index contributed by atoms with van der Waals surface area (Å²) in [6.45, 7) is 4.14. The Bertz CT molecular complexity index is 1080. The second kappa shape index (κ2) is 8.57. The molecule has 1 unspecified atom stereocenters. The van der Waals surface area contributed by atoms with Gasteiger partial charge in [-0.25, -0.2) is 12.7 Å². The monoisotopic (exact) mass is 429 g/mol. The topological polar surface area (TPSA) is 86.8 Å². The van der Waals surface area contributed by atoms with Crippen LogP contribution < -0.4 is 10.2 Å². The van der Waals surface area contributed by atoms with Crippen molar-refractivity contribution in [1.82, 2.24) is 4.31 Å². The van der Waals surface area contributed by atoms with E-state index in [0.29, 0.717) is 12.2 Å². The summed E-state index contributed by atoms with van der Waals surface area (Å²) in [6, 6.07) is 12.4. The maximum absolute atomic E-state index is 12.9. The molecule has 3 rings (SSSR count). The van der Waals surface area contributed by atoms with E-state index in [4.69, 9.17) is 0 Å². The normalized spacial score (nSPS) is 16.9. The third kappa shape index (κ3) is 4.39. The van der Waals surface area contributed by atoms with E-state index >= 15 is 0 Å². The van der Waals surface area contributed by atoms with Crippen LogP contribution in [0.25, 0.3) is 0 Å². The van der Waals surface area contributed by atoms with Crippen LogP contribution >= 0.6 is 0 Å². The number of rotatable bonds is 6. The number of benzene rings is 2. The van der Waals surface area contributed by atoms with E-state index in [1.165, 1.54) is 26.2 Å². The van der Waals surface area contributed by atoms with E-state index in [1.54, 1.807) is 17.9 Å². The van der Waals surface area contributed by atoms with E-state index in [-0.39, 0.29) is 23.1 Å². The Hall–Kier alpha value is -2.71. The van der Waals surface area contributed by atoms with Crippen LogP contribution in [0.2, 0.25) is 0 Å². The van der Waals surface area contributed by atoms with Crippen LogP contribution in [0.4, 0.5) is 11.4 Å². The van der Waals surface area contributed by atoms with Gasteiger partial charge in [0.1, 0.15) is 0 Å². The molecule has 2 aromatic rings. The van der Waals surface area contributed by atoms with Gasteiger partial charge in [0.05, 0.1) is 10.8 Å². The highest BCUT2D eigenvalue weighted by molar-refractivity contribution is 7.89. The summed E-state index contributed by atoms with van der Waals surface area (Å²) < 4.78 is 25.9. The third-order valence-electron chi connectivity index (χ3n) is 5.37. The Labute approximate surface area is 177 Å². The summed E-state index contributed by atoms with van der Waals surface area (Å²) in [6.07, 6.45) is 0.988. The highest BCUT2D eigenvalue weighted by Gasteiger charge is 2.35. The Kier molecular flexibility index (Phi) is 6.28. The van der Waals surface area contributed by atoms with Gasteiger partial charge in [-0.3, -0.25) is 9.59 Å². The first-order chi connectivity index (χ1) is 14.1. The number of hydrogen-bond acceptors (Lipinski definition) is 4. The van der Waals surface area contributed by atoms with Crippen LogP contribution in [0.3, 0.4) is 0 Å². The molecule has 1 aliphatic heterocycles. The molecule has 1 aliphatic rings. The molecule has 1 heterocycles. The molecular formula is C22H27N3O4S. The first kappa shape index (κ1) is 22.0. The summed E-state index contributed by atoms with van der Waals surface area (Å²) in [5, 5.41) is 2.82. The molecule has 0 radical (unpaired) electrons. The molecule has 1 saturated heterocycles. The molecule has 30 heavy (non-hydrogen) atoms. The zero-order valence-electron chi connectivity index (χ0n) is 17.7. The van der Waals surface area contributed by atoms with Crippen molar-refractivity contribution in [1.29, 1.82) is 0 Å². The predicted octanol–water partition coefficient (Wildman–Crippen LogP) is 2.80. The fourth-order valence-corrected chi connectivity index (χ4v) is 4.35. The van der Waals surface area contributed by atoms with Crippen LogP contribution in [0.5, 0.6) is 0 Å². The van der Waals surface area contributed by atoms with Crippen LogP contribution in [0.1, 0.15) is 24.5 Å². The number of hydrogen-bond donors (Lipinski definition) is 1. The van der Waals surface area contributed by atoms with Crippen molar-refractivity contribution >= 4 is 33.2 Å². The fourth-order valence-electron chi connectivity index (χ4n) is 3.42. The van der Waals surface area contributed by atoms with Gasteiger partial charge in [0.2, 0.25) is 21.8 Å². The van der Waals surface area contributed by atoms with Crippen molar-refractivity contribution in [2.45, 2.75) is 31.6 Å². The average Bonchev–Trinajstić information content (AvgIpc) is 3.11. The third-order valence-corrected chi connectivity index (χ3v) is 7.18. The summed E-state index contributed by atoms with van der Waals surface area (Å²) in [4.78, 5) is 27.1. The highest BCUT2D eigenvalue weighted by Crippen LogP contribution is 2.28. The van der Waals surface area contributed by atoms with Crippen molar-refractivity contribution in [2.24, 2.45) is 5.92 Å². The molecule has 0 aromatic heterocycles. The highest BCUT2D eigenvalue weighted by atomic mass is 32.2. The zero-order valence-corrected chi connectivity index (χ0v) is 18.5. The molecule has 2 amide bonds. The molecule has 0 spiro atoms. The van der Waals surface area contributed by atoms with Crippen molar-refractivity contribution in [3.8, 4) is 0 Å². The van der Waals surface area contributed by atoms with E-state index < -0.39 is 15.9 Å². The van der Waals surface area contributed by atoms with Gasteiger partial charge >= 0.3 is 0 Å². The lowest BCUT2D eigenvalue weighted by Gasteiger charge is -2.18. The Balaban J connectivity index is 1.78. The zero-order chi connectivity index (χ0) is 22.1. The second-order valence-electron chi connectivity index (χ2n) is 7.68. The van der Waals surface area contributed by atoms with E-state index in [1.807, 2.05) is 31.2 Å². The molecule has 0 bridgehead atoms. The van der Waals surface area contributed by atoms with Crippen LogP contribution in [0, 0.1) is 12.8 Å². The molecule has 7 nitrogen and oxygen atoms in total. The molecule has 160 valence electrons. The van der Waals surface area contributed by atoms with E-state index in [0.717, 1.165) is 27.5 Å². The summed E-state index contributed by atoms with van der Waals surface area (Å²) in [5.74, 6) is -0.889. The lowest BCUT2D eigenvalue weighted by atomic mass is 10.1. The number of nitrogens with zero attached hydrogens (tertiary/aromatic N) is 2. The summed E-state index contributed by atoms with van der Waals surface area (Å²) in [5.41, 5.74) is 3.10. The number of sulfonamides is 1. The minimum absolute atomic E-state index is 0.0935. The number of carbonyl (C=O) groups is 2. The summed E-state index contributed by atoms with van der Waals surface area (Å²) >= 11 is 0. The smallest absolute Gasteiger partial charge is 0.242 e. The minimum Gasteiger partial charge on any atom is -0.325 e. The largest absolute Gasteiger partial charge is 0.325 e. The molecule has 0 aliphatic carbocycles. The van der Waals surface area contributed by atoms with Crippen molar-refractivity contribution in [3.63, 3.8) is 0 Å². The molecular weight excluding hydrogens is 402 g/mol. The lowest BCUT2D eigenvalue weighted by Crippen LogP contribution is -2.28. The maximum Gasteiger partial charge on any atom is 0.242 e. The second-order valence-corrected chi connectivity index (χ2v) is 9.83. The van der Waals surface area contributed by atoms with Gasteiger partial charge in [-0.1, -0.05) is 25.1 Å². The van der Waals surface area contributed by atoms with Gasteiger partial charge in [-0.15, -0.1) is 0 Å². The SMILES string of the molecule is CCc1cccc(N2CC(C(=O)Nc3cc(S(=O)(=O)N(C)C)ccc3C)CC2=O)c1. The lowest BCUT2D eigenvalue weighted by molar-refractivity contribution is -0.122. The van der Waals surface area contributed by atoms with E-state index in [9.17, 15) is 18.0 Å². The molecule has 1 fully saturated rings. The van der Waals surface area contributed by atoms with Gasteiger partial charge in [-0.2, -0.15) is 0 Å². The fraction of sp³-hybridized carbons (Fsp3) is 0.364. The van der Waals surface area contributed by atoms with Gasteiger partial charge in [-0.05, 0) is 48.7 Å². The van der Waals surface area contributed by atoms with Crippen molar-refractivity contribution in [2.75, 3.05) is 30.9 Å². The Morgan fingerprint density at radius 2 is 1.93 bits per heavy atom. The van der Waals surface area contributed by atoms with Gasteiger partial charge in [0.15, 0.2) is 0 Å². The molecule has 1 N–H and O–H groups in total. The van der Waals surface area contributed by atoms with Gasteiger partial charge < -0.3 is 10.2 Å². The molecule has 0 saturated carbocycles. The summed E-state index contributed by atoms with van der Waals surface area (Å²) in [7, 11) is -0.695. The minimum atomic E-state index is -3.61. The average molecular weight is 430 g/mol. The predicted molar refractivity (Wildman–Crippen MR) is 117 cm³/mol.